The van der Waals surface area contributed by atoms with Gasteiger partial charge in [-0.05, 0) is 19.4 Å². The van der Waals surface area contributed by atoms with E-state index in [1.165, 1.54) is 5.57 Å². The number of methoxy groups -OCH3 is 1. The number of allylic oxidation sites excluding steroid dienone is 5. The van der Waals surface area contributed by atoms with E-state index in [0.717, 1.165) is 12.0 Å². The van der Waals surface area contributed by atoms with Gasteiger partial charge in [0.25, 0.3) is 0 Å². The van der Waals surface area contributed by atoms with Gasteiger partial charge in [0.05, 0.1) is 7.11 Å². The maximum atomic E-state index is 5.20. The number of ether oxygens (including phenoxy) is 1. The molecule has 0 saturated carbocycles. The summed E-state index contributed by atoms with van der Waals surface area (Å²) in [6.07, 6.45) is 8.91. The van der Waals surface area contributed by atoms with Gasteiger partial charge in [-0.1, -0.05) is 18.2 Å². The first-order chi connectivity index (χ1) is 6.29. The predicted molar refractivity (Wildman–Crippen MR) is 55.7 cm³/mol. The van der Waals surface area contributed by atoms with E-state index in [1.54, 1.807) is 7.11 Å². The van der Waals surface area contributed by atoms with Crippen molar-refractivity contribution in [2.24, 2.45) is 4.99 Å². The fraction of sp³-hybridized carbons (Fsp3) is 0.364. The van der Waals surface area contributed by atoms with Crippen LogP contribution in [-0.2, 0) is 4.74 Å². The van der Waals surface area contributed by atoms with Gasteiger partial charge in [-0.15, -0.1) is 0 Å². The standard InChI is InChI=1S/C11H15NO/c1-4-9(2)10-7-5-6-8-12-11(10)13-3/h4-5,7-8H,6H2,1-3H3/b9-4+. The van der Waals surface area contributed by atoms with E-state index in [-0.39, 0.29) is 0 Å². The minimum absolute atomic E-state index is 0.698. The Morgan fingerprint density at radius 1 is 1.62 bits per heavy atom. The minimum Gasteiger partial charge on any atom is -0.481 e. The first-order valence-corrected chi connectivity index (χ1v) is 4.40. The molecule has 0 spiro atoms. The fourth-order valence-electron chi connectivity index (χ4n) is 1.14. The van der Waals surface area contributed by atoms with Gasteiger partial charge < -0.3 is 4.74 Å². The summed E-state index contributed by atoms with van der Waals surface area (Å²) < 4.78 is 5.20. The lowest BCUT2D eigenvalue weighted by Gasteiger charge is -2.05. The molecular weight excluding hydrogens is 162 g/mol. The van der Waals surface area contributed by atoms with Gasteiger partial charge in [0.15, 0.2) is 0 Å². The van der Waals surface area contributed by atoms with Gasteiger partial charge in [0.2, 0.25) is 5.88 Å². The smallest absolute Gasteiger partial charge is 0.220 e. The molecule has 0 atom stereocenters. The molecule has 2 nitrogen and oxygen atoms in total. The highest BCUT2D eigenvalue weighted by molar-refractivity contribution is 5.63. The Balaban J connectivity index is 3.11. The van der Waals surface area contributed by atoms with Crippen LogP contribution in [0.25, 0.3) is 0 Å². The van der Waals surface area contributed by atoms with Crippen molar-refractivity contribution in [2.75, 3.05) is 7.11 Å². The van der Waals surface area contributed by atoms with Crippen molar-refractivity contribution < 1.29 is 4.74 Å². The molecule has 2 heteroatoms. The van der Waals surface area contributed by atoms with Gasteiger partial charge in [-0.2, -0.15) is 0 Å². The number of aliphatic imine (C=N–C) groups is 1. The third-order valence-electron chi connectivity index (χ3n) is 2.02. The Morgan fingerprint density at radius 3 is 3.00 bits per heavy atom. The molecule has 70 valence electrons. The summed E-state index contributed by atoms with van der Waals surface area (Å²) in [5.74, 6) is 0.698. The average molecular weight is 177 g/mol. The monoisotopic (exact) mass is 177 g/mol. The van der Waals surface area contributed by atoms with Crippen molar-refractivity contribution in [3.8, 4) is 0 Å². The molecule has 0 aliphatic carbocycles. The molecule has 0 radical (unpaired) electrons. The zero-order valence-corrected chi connectivity index (χ0v) is 8.37. The summed E-state index contributed by atoms with van der Waals surface area (Å²) in [6.45, 7) is 4.07. The van der Waals surface area contributed by atoms with Crippen LogP contribution in [0.1, 0.15) is 20.3 Å². The number of hydrogen-bond donors (Lipinski definition) is 0. The van der Waals surface area contributed by atoms with E-state index in [9.17, 15) is 0 Å². The van der Waals surface area contributed by atoms with Crippen LogP contribution < -0.4 is 0 Å². The average Bonchev–Trinajstić information content (AvgIpc) is 2.41. The molecule has 0 N–H and O–H groups in total. The van der Waals surface area contributed by atoms with E-state index in [1.807, 2.05) is 13.1 Å². The van der Waals surface area contributed by atoms with Gasteiger partial charge in [0, 0.05) is 18.2 Å². The highest BCUT2D eigenvalue weighted by atomic mass is 16.5. The maximum absolute atomic E-state index is 5.20. The van der Waals surface area contributed by atoms with Crippen molar-refractivity contribution in [1.82, 2.24) is 0 Å². The van der Waals surface area contributed by atoms with Crippen LogP contribution in [0.2, 0.25) is 0 Å². The van der Waals surface area contributed by atoms with Crippen LogP contribution in [0.3, 0.4) is 0 Å². The lowest BCUT2D eigenvalue weighted by molar-refractivity contribution is 0.286. The molecule has 0 amide bonds. The molecule has 0 saturated heterocycles. The predicted octanol–water partition coefficient (Wildman–Crippen LogP) is 2.84. The van der Waals surface area contributed by atoms with Crippen LogP contribution in [0, 0.1) is 0 Å². The zero-order chi connectivity index (χ0) is 9.68. The van der Waals surface area contributed by atoms with E-state index in [4.69, 9.17) is 4.74 Å². The Labute approximate surface area is 79.3 Å². The van der Waals surface area contributed by atoms with Crippen LogP contribution in [0.4, 0.5) is 0 Å². The molecule has 1 heterocycles. The lowest BCUT2D eigenvalue weighted by Crippen LogP contribution is -1.91. The first kappa shape index (κ1) is 9.78. The highest BCUT2D eigenvalue weighted by Crippen LogP contribution is 2.19. The van der Waals surface area contributed by atoms with E-state index in [2.05, 4.69) is 30.1 Å². The lowest BCUT2D eigenvalue weighted by atomic mass is 10.1. The maximum Gasteiger partial charge on any atom is 0.220 e. The minimum atomic E-state index is 0.698. The molecule has 0 aromatic rings. The van der Waals surface area contributed by atoms with Gasteiger partial charge >= 0.3 is 0 Å². The molecule has 0 aromatic heterocycles. The van der Waals surface area contributed by atoms with Crippen molar-refractivity contribution >= 4 is 6.21 Å². The largest absolute Gasteiger partial charge is 0.481 e. The quantitative estimate of drug-likeness (QED) is 0.635. The van der Waals surface area contributed by atoms with Crippen molar-refractivity contribution in [2.45, 2.75) is 20.3 Å². The molecule has 13 heavy (non-hydrogen) atoms. The molecule has 0 aromatic carbocycles. The third-order valence-corrected chi connectivity index (χ3v) is 2.02. The molecule has 1 aliphatic rings. The molecule has 0 fully saturated rings. The fourth-order valence-corrected chi connectivity index (χ4v) is 1.14. The van der Waals surface area contributed by atoms with Crippen molar-refractivity contribution in [3.05, 3.63) is 35.3 Å². The van der Waals surface area contributed by atoms with Gasteiger partial charge in [-0.3, -0.25) is 0 Å². The molecule has 1 rings (SSSR count). The van der Waals surface area contributed by atoms with Crippen molar-refractivity contribution in [1.29, 1.82) is 0 Å². The number of hydrogen-bond acceptors (Lipinski definition) is 2. The Kier molecular flexibility index (Phi) is 3.50. The van der Waals surface area contributed by atoms with Crippen LogP contribution in [-0.4, -0.2) is 13.3 Å². The summed E-state index contributed by atoms with van der Waals surface area (Å²) in [5.41, 5.74) is 2.26. The summed E-state index contributed by atoms with van der Waals surface area (Å²) in [6, 6.07) is 0. The SMILES string of the molecule is C/C=C(\C)C1=C(OC)N=CCC=C1. The summed E-state index contributed by atoms with van der Waals surface area (Å²) in [5, 5.41) is 0. The van der Waals surface area contributed by atoms with Crippen LogP contribution in [0.5, 0.6) is 0 Å². The molecule has 0 bridgehead atoms. The molecule has 1 aliphatic heterocycles. The second-order valence-electron chi connectivity index (χ2n) is 2.84. The van der Waals surface area contributed by atoms with Crippen LogP contribution in [0.15, 0.2) is 40.2 Å². The number of nitrogens with zero attached hydrogens (tertiary/aromatic N) is 1. The Morgan fingerprint density at radius 2 is 2.38 bits per heavy atom. The summed E-state index contributed by atoms with van der Waals surface area (Å²) in [4.78, 5) is 4.22. The molecule has 0 unspecified atom stereocenters. The second kappa shape index (κ2) is 4.65. The highest BCUT2D eigenvalue weighted by Gasteiger charge is 2.05. The second-order valence-corrected chi connectivity index (χ2v) is 2.84. The van der Waals surface area contributed by atoms with Crippen molar-refractivity contribution in [3.63, 3.8) is 0 Å². The Bertz CT molecular complexity index is 295. The van der Waals surface area contributed by atoms with Crippen LogP contribution >= 0.6 is 0 Å². The Hall–Kier alpha value is -1.31. The number of rotatable bonds is 2. The third kappa shape index (κ3) is 2.31. The van der Waals surface area contributed by atoms with E-state index < -0.39 is 0 Å². The van der Waals surface area contributed by atoms with E-state index >= 15 is 0 Å². The van der Waals surface area contributed by atoms with E-state index in [0.29, 0.717) is 5.88 Å². The normalized spacial score (nSPS) is 17.6. The summed E-state index contributed by atoms with van der Waals surface area (Å²) >= 11 is 0. The molecular formula is C11H15NO. The summed E-state index contributed by atoms with van der Waals surface area (Å²) in [7, 11) is 1.65. The zero-order valence-electron chi connectivity index (χ0n) is 8.37. The van der Waals surface area contributed by atoms with Gasteiger partial charge in [0.1, 0.15) is 0 Å². The van der Waals surface area contributed by atoms with Gasteiger partial charge in [-0.25, -0.2) is 4.99 Å². The topological polar surface area (TPSA) is 21.6 Å². The first-order valence-electron chi connectivity index (χ1n) is 4.40.